The molecule has 0 amide bonds. The standard InChI is InChI=1S/C68H48O44/c69-20-1-12(2-21(70)38(20)77)59(92)109-55-53-29(10-102-60(93)13-3-22(71)39(78)46(85)31(13)33-15(62(95)107-53)5-24(73)41(80)48(33)87)105-67(100)57(55)112-66(99)19-9-28(45(84)52(91)37(19)76)104-27-8-18-36(51(90)44(27)83)35-17(7-26(75)43(82)50(35)89)64(97)110-56-54-30(106-68(101)58(56)111-65(18)98)11-103-61(94)14-4-23(72)40(79)47(86)32(14)34-16(63(96)108-54)6-25(74)42(81)49(34)88/h1-9,29-30,53-58,67-91,100-101H,10-11H2/t29-,30-,53-,54-,55+,56+,57-,58-,67-,68+/m1/s1. The van der Waals surface area contributed by atoms with Crippen LogP contribution in [0.4, 0.5) is 0 Å². The van der Waals surface area contributed by atoms with E-state index in [0.717, 1.165) is 0 Å². The van der Waals surface area contributed by atoms with E-state index in [4.69, 9.17) is 52.1 Å². The van der Waals surface area contributed by atoms with Gasteiger partial charge in [-0.25, -0.2) is 38.4 Å². The van der Waals surface area contributed by atoms with Gasteiger partial charge < -0.3 is 180 Å². The zero-order valence-corrected chi connectivity index (χ0v) is 54.8. The summed E-state index contributed by atoms with van der Waals surface area (Å²) in [5.41, 5.74) is -16.8. The van der Waals surface area contributed by atoms with Crippen molar-refractivity contribution in [3.63, 3.8) is 0 Å². The molecule has 8 aromatic carbocycles. The number of esters is 8. The van der Waals surface area contributed by atoms with Crippen molar-refractivity contribution in [3.05, 3.63) is 99.1 Å². The van der Waals surface area contributed by atoms with Gasteiger partial charge in [-0.3, -0.25) is 0 Å². The molecule has 112 heavy (non-hydrogen) atoms. The summed E-state index contributed by atoms with van der Waals surface area (Å²) in [6.45, 7) is -2.65. The Morgan fingerprint density at radius 2 is 0.607 bits per heavy atom. The molecule has 2 saturated heterocycles. The Bertz CT molecular complexity index is 5480. The molecule has 584 valence electrons. The number of benzene rings is 8. The number of rotatable bonds is 6. The predicted octanol–water partition coefficient (Wildman–Crippen LogP) is 1.75. The van der Waals surface area contributed by atoms with E-state index < -0.39 is 344 Å². The fourth-order valence-corrected chi connectivity index (χ4v) is 12.6. The molecule has 2 fully saturated rings. The van der Waals surface area contributed by atoms with Crippen LogP contribution in [0.1, 0.15) is 82.9 Å². The van der Waals surface area contributed by atoms with Gasteiger partial charge in [-0.15, -0.1) is 0 Å². The van der Waals surface area contributed by atoms with Gasteiger partial charge in [0.25, 0.3) is 0 Å². The Labute approximate surface area is 614 Å². The summed E-state index contributed by atoms with van der Waals surface area (Å²) in [6.07, 6.45) is -25.9. The normalized spacial score (nSPS) is 21.3. The number of hydrogen-bond donors (Lipinski definition) is 25. The Morgan fingerprint density at radius 3 is 1.03 bits per heavy atom. The number of aliphatic hydroxyl groups excluding tert-OH is 2. The Balaban J connectivity index is 0.884. The maximum Gasteiger partial charge on any atom is 0.342 e. The van der Waals surface area contributed by atoms with Crippen molar-refractivity contribution in [3.8, 4) is 177 Å². The molecular weight excluding hydrogens is 1520 g/mol. The van der Waals surface area contributed by atoms with Crippen molar-refractivity contribution >= 4 is 47.8 Å². The van der Waals surface area contributed by atoms with E-state index in [2.05, 4.69) is 0 Å². The highest BCUT2D eigenvalue weighted by molar-refractivity contribution is 6.12. The number of aliphatic hydroxyl groups is 2. The third-order valence-corrected chi connectivity index (χ3v) is 18.0. The maximum atomic E-state index is 15.0. The van der Waals surface area contributed by atoms with Gasteiger partial charge in [0.2, 0.25) is 46.0 Å². The third kappa shape index (κ3) is 12.0. The largest absolute Gasteiger partial charge is 0.504 e. The van der Waals surface area contributed by atoms with Gasteiger partial charge in [0.15, 0.2) is 147 Å². The summed E-state index contributed by atoms with van der Waals surface area (Å²) < 4.78 is 60.9. The second-order valence-electron chi connectivity index (χ2n) is 24.6. The molecule has 0 spiro atoms. The molecular formula is C68H48O44. The SMILES string of the molecule is O=C(O[C@@H]1[C@@H](OC(=O)c2cc(Oc3cc4c(c(O)c3O)-c3c(cc(O)c(O)c3O)C(=O)O[C@@H]3[C@@H](OC4=O)[C@@H](O)O[C@@H]4COC(=O)c5cc(O)c(O)c(O)c5-c5c(cc(O)c(O)c5O)C(=O)O[C@@H]34)c(O)c(O)c2O)[C@H](O)O[C@@H]2COC(=O)c3cc(O)c(O)c(O)c3-c3c(cc(O)c(O)c3O)C(=O)O[C@@H]12)c1cc(O)c(O)c(O)c1. The average molecular weight is 1570 g/mol. The smallest absolute Gasteiger partial charge is 0.342 e. The molecule has 8 aromatic rings. The monoisotopic (exact) mass is 1570 g/mol. The summed E-state index contributed by atoms with van der Waals surface area (Å²) in [6, 6.07) is 3.14. The fraction of sp³-hybridized carbons (Fsp3) is 0.176. The molecule has 5 heterocycles. The molecule has 10 atom stereocenters. The van der Waals surface area contributed by atoms with E-state index >= 15 is 4.79 Å². The van der Waals surface area contributed by atoms with Gasteiger partial charge in [0.05, 0.1) is 38.9 Å². The van der Waals surface area contributed by atoms with Crippen molar-refractivity contribution < 1.29 is 218 Å². The van der Waals surface area contributed by atoms with Crippen molar-refractivity contribution in [1.82, 2.24) is 0 Å². The molecule has 0 aliphatic carbocycles. The van der Waals surface area contributed by atoms with Crippen LogP contribution in [0.5, 0.6) is 144 Å². The van der Waals surface area contributed by atoms with Crippen LogP contribution in [-0.2, 0) is 47.4 Å². The molecule has 25 N–H and O–H groups in total. The molecule has 0 radical (unpaired) electrons. The van der Waals surface area contributed by atoms with E-state index in [1.807, 2.05) is 0 Å². The first-order valence-corrected chi connectivity index (χ1v) is 31.2. The highest BCUT2D eigenvalue weighted by Crippen LogP contribution is 2.59. The van der Waals surface area contributed by atoms with Crippen LogP contribution >= 0.6 is 0 Å². The number of phenols is 23. The quantitative estimate of drug-likeness (QED) is 0.0640. The van der Waals surface area contributed by atoms with Gasteiger partial charge in [-0.2, -0.15) is 0 Å². The summed E-state index contributed by atoms with van der Waals surface area (Å²) in [7, 11) is 0. The van der Waals surface area contributed by atoms with Gasteiger partial charge in [0.1, 0.15) is 31.0 Å². The second-order valence-corrected chi connectivity index (χ2v) is 24.6. The number of phenolic OH excluding ortho intramolecular Hbond substituents is 23. The van der Waals surface area contributed by atoms with Crippen LogP contribution in [0.25, 0.3) is 33.4 Å². The molecule has 0 saturated carbocycles. The van der Waals surface area contributed by atoms with Crippen molar-refractivity contribution in [1.29, 1.82) is 0 Å². The molecule has 0 bridgehead atoms. The lowest BCUT2D eigenvalue weighted by Crippen LogP contribution is -2.62. The van der Waals surface area contributed by atoms with E-state index in [1.165, 1.54) is 0 Å². The molecule has 5 aliphatic rings. The minimum Gasteiger partial charge on any atom is -0.504 e. The zero-order chi connectivity index (χ0) is 81.5. The van der Waals surface area contributed by atoms with E-state index in [1.54, 1.807) is 0 Å². The van der Waals surface area contributed by atoms with Gasteiger partial charge in [-0.05, 0) is 42.5 Å². The first-order valence-electron chi connectivity index (χ1n) is 31.2. The van der Waals surface area contributed by atoms with Gasteiger partial charge in [-0.1, -0.05) is 0 Å². The van der Waals surface area contributed by atoms with Crippen LogP contribution in [0.15, 0.2) is 54.6 Å². The number of cyclic esters (lactones) is 2. The molecule has 13 rings (SSSR count). The van der Waals surface area contributed by atoms with Crippen LogP contribution in [0, 0.1) is 0 Å². The van der Waals surface area contributed by atoms with Crippen LogP contribution in [-0.4, -0.2) is 250 Å². The lowest BCUT2D eigenvalue weighted by atomic mass is 9.91. The number of fused-ring (bicyclic) bond motifs is 13. The van der Waals surface area contributed by atoms with E-state index in [0.29, 0.717) is 36.4 Å². The number of aromatic hydroxyl groups is 23. The molecule has 44 nitrogen and oxygen atoms in total. The van der Waals surface area contributed by atoms with Crippen molar-refractivity contribution in [2.45, 2.75) is 61.4 Å². The van der Waals surface area contributed by atoms with E-state index in [9.17, 15) is 161 Å². The van der Waals surface area contributed by atoms with Crippen LogP contribution in [0.3, 0.4) is 0 Å². The number of ether oxygens (including phenoxy) is 11. The maximum absolute atomic E-state index is 15.0. The topological polar surface area (TPSA) is 744 Å². The van der Waals surface area contributed by atoms with Gasteiger partial charge in [0, 0.05) is 45.5 Å². The average Bonchev–Trinajstić information content (AvgIpc) is 0.977. The summed E-state index contributed by atoms with van der Waals surface area (Å²) >= 11 is 0. The Kier molecular flexibility index (Phi) is 18.1. The Morgan fingerprint density at radius 1 is 0.295 bits per heavy atom. The molecule has 0 aromatic heterocycles. The van der Waals surface area contributed by atoms with Crippen molar-refractivity contribution in [2.75, 3.05) is 13.2 Å². The van der Waals surface area contributed by atoms with E-state index in [-0.39, 0.29) is 18.2 Å². The number of hydrogen-bond acceptors (Lipinski definition) is 44. The molecule has 44 heteroatoms. The third-order valence-electron chi connectivity index (χ3n) is 18.0. The van der Waals surface area contributed by atoms with Crippen LogP contribution < -0.4 is 4.74 Å². The Hall–Kier alpha value is -15.4. The summed E-state index contributed by atoms with van der Waals surface area (Å²) in [5.74, 6) is -52.0. The highest BCUT2D eigenvalue weighted by atomic mass is 16.7. The first kappa shape index (κ1) is 74.8. The number of carbonyl (C=O) groups is 8. The second kappa shape index (κ2) is 27.1. The minimum atomic E-state index is -2.84. The predicted molar refractivity (Wildman–Crippen MR) is 344 cm³/mol. The zero-order valence-electron chi connectivity index (χ0n) is 54.8. The van der Waals surface area contributed by atoms with Crippen LogP contribution in [0.2, 0.25) is 0 Å². The summed E-state index contributed by atoms with van der Waals surface area (Å²) in [5, 5.41) is 275. The number of carbonyl (C=O) groups excluding carboxylic acids is 8. The molecule has 0 unspecified atom stereocenters. The molecule has 5 aliphatic heterocycles. The van der Waals surface area contributed by atoms with Gasteiger partial charge >= 0.3 is 47.8 Å². The highest BCUT2D eigenvalue weighted by Gasteiger charge is 2.56. The minimum absolute atomic E-state index is 0.184. The first-order chi connectivity index (χ1) is 52.7. The summed E-state index contributed by atoms with van der Waals surface area (Å²) in [4.78, 5) is 116. The lowest BCUT2D eigenvalue weighted by molar-refractivity contribution is -0.284. The van der Waals surface area contributed by atoms with Crippen molar-refractivity contribution in [2.24, 2.45) is 0 Å². The fourth-order valence-electron chi connectivity index (χ4n) is 12.6. The lowest BCUT2D eigenvalue weighted by Gasteiger charge is -2.43.